The molecular formula is C46H65N13O10S2. The number of amides is 7. The molecule has 1 aromatic heterocycles. The number of nitrogens with two attached hydrogens (primary N) is 2. The van der Waals surface area contributed by atoms with Gasteiger partial charge in [-0.05, 0) is 62.9 Å². The summed E-state index contributed by atoms with van der Waals surface area (Å²) in [6.45, 7) is 6.78. The van der Waals surface area contributed by atoms with Crippen molar-refractivity contribution < 1.29 is 48.6 Å². The number of nitrogens with one attached hydrogen (secondary N) is 9. The molecule has 1 saturated heterocycles. The van der Waals surface area contributed by atoms with Crippen molar-refractivity contribution in [2.24, 2.45) is 22.4 Å². The van der Waals surface area contributed by atoms with Gasteiger partial charge in [0.1, 0.15) is 48.0 Å². The van der Waals surface area contributed by atoms with Crippen LogP contribution in [0, 0.1) is 5.92 Å². The van der Waals surface area contributed by atoms with Gasteiger partial charge < -0.3 is 69.2 Å². The lowest BCUT2D eigenvalue weighted by Crippen LogP contribution is -2.63. The molecule has 71 heavy (non-hydrogen) atoms. The Morgan fingerprint density at radius 2 is 1.54 bits per heavy atom. The zero-order valence-corrected chi connectivity index (χ0v) is 41.8. The van der Waals surface area contributed by atoms with Crippen LogP contribution in [0.4, 0.5) is 0 Å². The lowest BCUT2D eigenvalue weighted by Gasteiger charge is -2.34. The van der Waals surface area contributed by atoms with Crippen molar-refractivity contribution in [1.82, 2.24) is 52.5 Å². The van der Waals surface area contributed by atoms with Gasteiger partial charge in [0.05, 0.1) is 12.9 Å². The van der Waals surface area contributed by atoms with Crippen molar-refractivity contribution in [1.29, 1.82) is 0 Å². The van der Waals surface area contributed by atoms with Crippen LogP contribution in [0.25, 0.3) is 0 Å². The molecule has 1 aliphatic heterocycles. The smallest absolute Gasteiger partial charge is 0.326 e. The van der Waals surface area contributed by atoms with E-state index in [1.807, 2.05) is 0 Å². The quantitative estimate of drug-likeness (QED) is 0.0228. The summed E-state index contributed by atoms with van der Waals surface area (Å²) in [6.07, 6.45) is 2.94. The number of aromatic hydroxyl groups is 1. The van der Waals surface area contributed by atoms with Gasteiger partial charge in [-0.2, -0.15) is 0 Å². The average molecular weight is 1020 g/mol. The largest absolute Gasteiger partial charge is 0.508 e. The molecule has 0 bridgehead atoms. The van der Waals surface area contributed by atoms with Crippen molar-refractivity contribution in [2.75, 3.05) is 25.9 Å². The first-order chi connectivity index (χ1) is 33.7. The van der Waals surface area contributed by atoms with E-state index in [1.165, 1.54) is 24.7 Å². The predicted molar refractivity (Wildman–Crippen MR) is 268 cm³/mol. The number of phenols is 1. The van der Waals surface area contributed by atoms with E-state index in [0.717, 1.165) is 21.6 Å². The number of aromatic amines is 1. The van der Waals surface area contributed by atoms with E-state index >= 15 is 0 Å². The maximum atomic E-state index is 14.5. The van der Waals surface area contributed by atoms with Crippen molar-refractivity contribution in [3.63, 3.8) is 0 Å². The summed E-state index contributed by atoms with van der Waals surface area (Å²) in [4.78, 5) is 121. The number of carboxylic acids is 1. The van der Waals surface area contributed by atoms with Crippen molar-refractivity contribution in [2.45, 2.75) is 107 Å². The average Bonchev–Trinajstić information content (AvgIpc) is 3.83. The second-order valence-corrected chi connectivity index (χ2v) is 20.7. The summed E-state index contributed by atoms with van der Waals surface area (Å²) >= 11 is 0. The van der Waals surface area contributed by atoms with Gasteiger partial charge in [0.25, 0.3) is 0 Å². The number of phenolic OH excluding ortho intramolecular Hbond substituents is 1. The molecule has 386 valence electrons. The van der Waals surface area contributed by atoms with Gasteiger partial charge in [0.2, 0.25) is 41.4 Å². The van der Waals surface area contributed by atoms with Crippen LogP contribution < -0.4 is 54.0 Å². The Bertz CT molecular complexity index is 2320. The zero-order chi connectivity index (χ0) is 52.3. The molecule has 15 N–H and O–H groups in total. The first-order valence-corrected chi connectivity index (χ1v) is 25.1. The molecule has 0 spiro atoms. The Kier molecular flexibility index (Phi) is 22.0. The van der Waals surface area contributed by atoms with Gasteiger partial charge in [-0.1, -0.05) is 77.9 Å². The number of hydrogen-bond acceptors (Lipinski definition) is 14. The number of hydrogen-bond donors (Lipinski definition) is 13. The number of H-pyrrole nitrogens is 1. The molecule has 4 rings (SSSR count). The number of guanidine groups is 1. The predicted octanol–water partition coefficient (Wildman–Crippen LogP) is -1.28. The van der Waals surface area contributed by atoms with Crippen LogP contribution >= 0.6 is 21.6 Å². The molecule has 0 aliphatic carbocycles. The number of rotatable bonds is 23. The fourth-order valence-corrected chi connectivity index (χ4v) is 10.1. The molecule has 23 nitrogen and oxygen atoms in total. The van der Waals surface area contributed by atoms with Crippen LogP contribution in [0.3, 0.4) is 0 Å². The minimum absolute atomic E-state index is 0.0359. The van der Waals surface area contributed by atoms with E-state index in [0.29, 0.717) is 23.2 Å². The first-order valence-electron chi connectivity index (χ1n) is 22.8. The highest BCUT2D eigenvalue weighted by Gasteiger charge is 2.42. The number of carboxylic acid groups (broad SMARTS) is 1. The Labute approximate surface area is 419 Å². The van der Waals surface area contributed by atoms with Crippen LogP contribution in [0.2, 0.25) is 0 Å². The standard InChI is InChI=1S/C46H65N13O10S2/c1-25(2)36(58-38(62)30(53-35(61)22-49-5)12-9-17-51-45(47)48)42(66)55-31(18-27-13-15-29(60)16-14-27)39(63)57-34-23-70-71-46(3,4)37(43(67)56-33(44(68)69)19-26-10-7-6-8-11-26)59-40(64)32(54-41(34)65)20-28-21-50-24-52-28/h6-8,10-11,13-16,21,24-25,30-34,36-37,49,60H,9,12,17-20,22-23H2,1-5H3,(H,50,52)(H,53,61)(H,54,65)(H,55,66)(H,56,67)(H,57,63)(H,58,62)(H,59,64)(H,68,69)(H4,47,48,51)/t30-,31-,32+,33-,34+,36-,37-/m0/s1. The Morgan fingerprint density at radius 3 is 2.15 bits per heavy atom. The molecule has 0 radical (unpaired) electrons. The Balaban J connectivity index is 1.62. The van der Waals surface area contributed by atoms with Crippen molar-refractivity contribution >= 4 is 74.9 Å². The third-order valence-electron chi connectivity index (χ3n) is 11.1. The minimum Gasteiger partial charge on any atom is -0.508 e. The van der Waals surface area contributed by atoms with E-state index in [9.17, 15) is 48.6 Å². The Hall–Kier alpha value is -6.86. The number of aliphatic imine (C=N–C) groups is 1. The first kappa shape index (κ1) is 56.7. The summed E-state index contributed by atoms with van der Waals surface area (Å²) in [7, 11) is 3.79. The molecule has 2 heterocycles. The monoisotopic (exact) mass is 1020 g/mol. The maximum absolute atomic E-state index is 14.5. The number of benzene rings is 2. The van der Waals surface area contributed by atoms with E-state index in [-0.39, 0.29) is 56.2 Å². The second-order valence-electron chi connectivity index (χ2n) is 17.7. The maximum Gasteiger partial charge on any atom is 0.326 e. The van der Waals surface area contributed by atoms with Crippen LogP contribution in [0.15, 0.2) is 72.1 Å². The molecule has 1 fully saturated rings. The third-order valence-corrected chi connectivity index (χ3v) is 14.4. The molecule has 0 unspecified atom stereocenters. The number of aliphatic carboxylic acids is 1. The van der Waals surface area contributed by atoms with E-state index in [1.54, 1.807) is 77.2 Å². The van der Waals surface area contributed by atoms with Gasteiger partial charge in [0, 0.05) is 48.2 Å². The summed E-state index contributed by atoms with van der Waals surface area (Å²) in [5.74, 6) is -7.23. The number of carbonyl (C=O) groups is 8. The van der Waals surface area contributed by atoms with E-state index < -0.39 is 100 Å². The third kappa shape index (κ3) is 18.4. The van der Waals surface area contributed by atoms with Crippen molar-refractivity contribution in [3.8, 4) is 5.75 Å². The van der Waals surface area contributed by atoms with Gasteiger partial charge in [-0.3, -0.25) is 38.6 Å². The van der Waals surface area contributed by atoms with Crippen LogP contribution in [0.1, 0.15) is 57.4 Å². The highest BCUT2D eigenvalue weighted by Crippen LogP contribution is 2.39. The molecule has 25 heteroatoms. The molecular weight excluding hydrogens is 959 g/mol. The SMILES string of the molecule is CNCC(=O)N[C@@H](CCCN=C(N)N)C(=O)N[C@H](C(=O)N[C@@H](Cc1ccc(O)cc1)C(=O)N[C@@H]1CSSC(C)(C)[C@H](C(=O)N[C@@H](Cc2ccccc2)C(=O)O)NC(=O)[C@@H](Cc2cnc[nH]2)NC1=O)C(C)C. The normalized spacial score (nSPS) is 18.6. The highest BCUT2D eigenvalue weighted by molar-refractivity contribution is 8.77. The van der Waals surface area contributed by atoms with Crippen molar-refractivity contribution in [3.05, 3.63) is 83.9 Å². The van der Waals surface area contributed by atoms with Gasteiger partial charge in [-0.15, -0.1) is 0 Å². The topological polar surface area (TPSA) is 366 Å². The number of nitrogens with zero attached hydrogens (tertiary/aromatic N) is 2. The zero-order valence-electron chi connectivity index (χ0n) is 40.2. The molecule has 2 aromatic carbocycles. The van der Waals surface area contributed by atoms with Gasteiger partial charge in [-0.25, -0.2) is 9.78 Å². The number of aromatic nitrogens is 2. The minimum atomic E-state index is -1.38. The van der Waals surface area contributed by atoms with Crippen LogP contribution in [-0.2, 0) is 57.6 Å². The fourth-order valence-electron chi connectivity index (χ4n) is 7.26. The molecule has 3 aromatic rings. The Morgan fingerprint density at radius 1 is 0.859 bits per heavy atom. The molecule has 1 aliphatic rings. The lowest BCUT2D eigenvalue weighted by molar-refractivity contribution is -0.142. The van der Waals surface area contributed by atoms with Crippen LogP contribution in [0.5, 0.6) is 5.75 Å². The number of likely N-dealkylation sites (N-methyl/N-ethyl adjacent to an activating group) is 1. The van der Waals surface area contributed by atoms with Gasteiger partial charge in [0.15, 0.2) is 5.96 Å². The second kappa shape index (κ2) is 27.5. The fraction of sp³-hybridized carbons (Fsp3) is 0.478. The lowest BCUT2D eigenvalue weighted by atomic mass is 9.99. The van der Waals surface area contributed by atoms with Crippen LogP contribution in [-0.4, -0.2) is 146 Å². The number of carbonyl (C=O) groups excluding carboxylic acids is 7. The number of imidazole rings is 1. The molecule has 7 amide bonds. The van der Waals surface area contributed by atoms with Gasteiger partial charge >= 0.3 is 5.97 Å². The van der Waals surface area contributed by atoms with E-state index in [4.69, 9.17) is 11.5 Å². The summed E-state index contributed by atoms with van der Waals surface area (Å²) < 4.78 is -1.16. The molecule has 0 saturated carbocycles. The summed E-state index contributed by atoms with van der Waals surface area (Å²) in [6, 6.07) is 5.53. The summed E-state index contributed by atoms with van der Waals surface area (Å²) in [5.41, 5.74) is 12.5. The molecule has 7 atom stereocenters. The summed E-state index contributed by atoms with van der Waals surface area (Å²) in [5, 5.41) is 41.7. The van der Waals surface area contributed by atoms with E-state index in [2.05, 4.69) is 57.5 Å². The highest BCUT2D eigenvalue weighted by atomic mass is 33.1.